The molecule has 1 aliphatic heterocycles. The number of thioether (sulfide) groups is 1. The van der Waals surface area contributed by atoms with Gasteiger partial charge in [0.05, 0.1) is 17.8 Å². The summed E-state index contributed by atoms with van der Waals surface area (Å²) in [5.41, 5.74) is 3.74. The Morgan fingerprint density at radius 3 is 2.65 bits per heavy atom. The zero-order valence-electron chi connectivity index (χ0n) is 17.6. The molecule has 1 unspecified atom stereocenters. The number of amides is 2. The van der Waals surface area contributed by atoms with Gasteiger partial charge >= 0.3 is 0 Å². The van der Waals surface area contributed by atoms with Crippen LogP contribution in [-0.2, 0) is 9.59 Å². The maximum Gasteiger partial charge on any atom is 0.242 e. The van der Waals surface area contributed by atoms with Gasteiger partial charge in [-0.05, 0) is 68.1 Å². The van der Waals surface area contributed by atoms with Crippen molar-refractivity contribution >= 4 is 51.7 Å². The third kappa shape index (κ3) is 4.88. The highest BCUT2D eigenvalue weighted by Gasteiger charge is 2.46. The predicted octanol–water partition coefficient (Wildman–Crippen LogP) is 5.09. The Bertz CT molecular complexity index is 1070. The average molecular weight is 458 g/mol. The van der Waals surface area contributed by atoms with E-state index in [0.29, 0.717) is 21.6 Å². The first-order valence-corrected chi connectivity index (χ1v) is 11.4. The van der Waals surface area contributed by atoms with E-state index in [0.717, 1.165) is 24.1 Å². The number of rotatable bonds is 6. The Kier molecular flexibility index (Phi) is 6.25. The number of methoxy groups -OCH3 is 1. The van der Waals surface area contributed by atoms with Gasteiger partial charge in [0.15, 0.2) is 5.17 Å². The number of carbonyl (C=O) groups excluding carboxylic acids is 2. The lowest BCUT2D eigenvalue weighted by Crippen LogP contribution is -2.35. The Morgan fingerprint density at radius 1 is 1.23 bits per heavy atom. The van der Waals surface area contributed by atoms with E-state index in [-0.39, 0.29) is 24.3 Å². The third-order valence-electron chi connectivity index (χ3n) is 5.40. The lowest BCUT2D eigenvalue weighted by molar-refractivity contribution is -0.128. The average Bonchev–Trinajstić information content (AvgIpc) is 3.51. The van der Waals surface area contributed by atoms with Crippen LogP contribution < -0.4 is 10.1 Å². The molecule has 1 heterocycles. The number of anilines is 1. The van der Waals surface area contributed by atoms with Crippen molar-refractivity contribution in [1.29, 1.82) is 0 Å². The molecular weight excluding hydrogens is 434 g/mol. The second kappa shape index (κ2) is 8.93. The van der Waals surface area contributed by atoms with Gasteiger partial charge < -0.3 is 10.1 Å². The fraction of sp³-hybridized carbons (Fsp3) is 0.348. The van der Waals surface area contributed by atoms with Crippen LogP contribution in [0.4, 0.5) is 11.4 Å². The molecule has 162 valence electrons. The number of amidine groups is 1. The van der Waals surface area contributed by atoms with Gasteiger partial charge in [0.2, 0.25) is 11.8 Å². The van der Waals surface area contributed by atoms with Gasteiger partial charge in [-0.25, -0.2) is 4.99 Å². The van der Waals surface area contributed by atoms with E-state index in [4.69, 9.17) is 21.3 Å². The van der Waals surface area contributed by atoms with Gasteiger partial charge in [-0.15, -0.1) is 0 Å². The molecule has 6 nitrogen and oxygen atoms in total. The fourth-order valence-electron chi connectivity index (χ4n) is 3.39. The first-order chi connectivity index (χ1) is 14.9. The highest BCUT2D eigenvalue weighted by molar-refractivity contribution is 8.15. The lowest BCUT2D eigenvalue weighted by Gasteiger charge is -2.15. The van der Waals surface area contributed by atoms with Gasteiger partial charge in [0, 0.05) is 18.2 Å². The number of hydrogen-bond acceptors (Lipinski definition) is 5. The summed E-state index contributed by atoms with van der Waals surface area (Å²) in [6, 6.07) is 11.2. The fourth-order valence-corrected chi connectivity index (χ4v) is 4.86. The van der Waals surface area contributed by atoms with Crippen LogP contribution in [0.1, 0.15) is 30.4 Å². The molecule has 0 aromatic heterocycles. The van der Waals surface area contributed by atoms with Gasteiger partial charge in [0.1, 0.15) is 11.0 Å². The molecule has 8 heteroatoms. The largest absolute Gasteiger partial charge is 0.495 e. The second-order valence-corrected chi connectivity index (χ2v) is 9.39. The van der Waals surface area contributed by atoms with E-state index in [1.165, 1.54) is 24.4 Å². The normalized spacial score (nSPS) is 19.7. The molecule has 1 aliphatic carbocycles. The summed E-state index contributed by atoms with van der Waals surface area (Å²) >= 11 is 7.50. The third-order valence-corrected chi connectivity index (χ3v) is 6.85. The minimum Gasteiger partial charge on any atom is -0.495 e. The van der Waals surface area contributed by atoms with E-state index in [1.54, 1.807) is 23.1 Å². The topological polar surface area (TPSA) is 71.0 Å². The summed E-state index contributed by atoms with van der Waals surface area (Å²) in [5.74, 6) is 0.252. The van der Waals surface area contributed by atoms with Gasteiger partial charge in [0.25, 0.3) is 0 Å². The molecule has 1 saturated heterocycles. The number of halogens is 1. The van der Waals surface area contributed by atoms with Crippen molar-refractivity contribution in [3.63, 3.8) is 0 Å². The van der Waals surface area contributed by atoms with Crippen LogP contribution in [0.5, 0.6) is 5.75 Å². The molecule has 2 amide bonds. The first kappa shape index (κ1) is 21.7. The first-order valence-electron chi connectivity index (χ1n) is 10.1. The van der Waals surface area contributed by atoms with E-state index in [2.05, 4.69) is 12.2 Å². The summed E-state index contributed by atoms with van der Waals surface area (Å²) < 4.78 is 5.13. The van der Waals surface area contributed by atoms with Gasteiger partial charge in [-0.2, -0.15) is 0 Å². The minimum absolute atomic E-state index is 0.0435. The molecule has 1 saturated carbocycles. The van der Waals surface area contributed by atoms with E-state index in [1.807, 2.05) is 25.1 Å². The number of hydrogen-bond donors (Lipinski definition) is 1. The van der Waals surface area contributed by atoms with Crippen LogP contribution in [0.25, 0.3) is 0 Å². The molecule has 0 spiro atoms. The molecule has 1 atom stereocenters. The molecule has 0 bridgehead atoms. The number of aryl methyl sites for hydroxylation is 2. The Hall–Kier alpha value is -2.51. The van der Waals surface area contributed by atoms with Crippen LogP contribution in [0.2, 0.25) is 5.02 Å². The summed E-state index contributed by atoms with van der Waals surface area (Å²) in [7, 11) is 1.53. The lowest BCUT2D eigenvalue weighted by atomic mass is 10.1. The molecule has 31 heavy (non-hydrogen) atoms. The number of aliphatic imine (C=N–C) groups is 1. The van der Waals surface area contributed by atoms with E-state index < -0.39 is 5.25 Å². The van der Waals surface area contributed by atoms with Crippen molar-refractivity contribution in [2.24, 2.45) is 4.99 Å². The molecule has 2 aromatic rings. The molecular formula is C23H24ClN3O3S. The van der Waals surface area contributed by atoms with E-state index in [9.17, 15) is 9.59 Å². The highest BCUT2D eigenvalue weighted by Crippen LogP contribution is 2.39. The molecule has 2 aliphatic rings. The molecule has 2 aromatic carbocycles. The number of ether oxygens (including phenoxy) is 1. The van der Waals surface area contributed by atoms with Crippen molar-refractivity contribution in [3.05, 3.63) is 52.5 Å². The Morgan fingerprint density at radius 2 is 2.00 bits per heavy atom. The van der Waals surface area contributed by atoms with Crippen molar-refractivity contribution < 1.29 is 14.3 Å². The van der Waals surface area contributed by atoms with Crippen molar-refractivity contribution in [3.8, 4) is 5.75 Å². The number of nitrogens with zero attached hydrogens (tertiary/aromatic N) is 2. The van der Waals surface area contributed by atoms with Gasteiger partial charge in [-0.3, -0.25) is 14.5 Å². The molecule has 0 radical (unpaired) electrons. The second-order valence-electron chi connectivity index (χ2n) is 7.81. The van der Waals surface area contributed by atoms with Crippen molar-refractivity contribution in [1.82, 2.24) is 4.90 Å². The quantitative estimate of drug-likeness (QED) is 0.656. The SMILES string of the molecule is COc1ccc(NC(=O)CC2SC(=Nc3ccc(C)c(C)c3)N(C3CC3)C2=O)cc1Cl. The van der Waals surface area contributed by atoms with Crippen LogP contribution in [0.15, 0.2) is 41.4 Å². The molecule has 2 fully saturated rings. The molecule has 4 rings (SSSR count). The van der Waals surface area contributed by atoms with Crippen LogP contribution in [0.3, 0.4) is 0 Å². The Balaban J connectivity index is 1.48. The van der Waals surface area contributed by atoms with Crippen LogP contribution in [-0.4, -0.2) is 40.3 Å². The minimum atomic E-state index is -0.486. The summed E-state index contributed by atoms with van der Waals surface area (Å²) in [6.45, 7) is 4.10. The maximum atomic E-state index is 13.0. The smallest absolute Gasteiger partial charge is 0.242 e. The predicted molar refractivity (Wildman–Crippen MR) is 126 cm³/mol. The zero-order valence-corrected chi connectivity index (χ0v) is 19.2. The van der Waals surface area contributed by atoms with Crippen molar-refractivity contribution in [2.45, 2.75) is 44.4 Å². The Labute approximate surface area is 191 Å². The zero-order chi connectivity index (χ0) is 22.1. The summed E-state index contributed by atoms with van der Waals surface area (Å²) in [6.07, 6.45) is 2.02. The standard InChI is InChI=1S/C23H24ClN3O3S/c1-13-4-5-15(10-14(13)2)26-23-27(17-7-8-17)22(29)20(31-23)12-21(28)25-16-6-9-19(30-3)18(24)11-16/h4-6,9-11,17,20H,7-8,12H2,1-3H3,(H,25,28). The highest BCUT2D eigenvalue weighted by atomic mass is 35.5. The summed E-state index contributed by atoms with van der Waals surface area (Å²) in [5, 5.41) is 3.42. The van der Waals surface area contributed by atoms with Crippen LogP contribution >= 0.6 is 23.4 Å². The number of benzene rings is 2. The van der Waals surface area contributed by atoms with E-state index >= 15 is 0 Å². The molecule has 1 N–H and O–H groups in total. The van der Waals surface area contributed by atoms with Gasteiger partial charge in [-0.1, -0.05) is 29.4 Å². The maximum absolute atomic E-state index is 13.0. The van der Waals surface area contributed by atoms with Crippen molar-refractivity contribution in [2.75, 3.05) is 12.4 Å². The monoisotopic (exact) mass is 457 g/mol. The number of nitrogens with one attached hydrogen (secondary N) is 1. The summed E-state index contributed by atoms with van der Waals surface area (Å²) in [4.78, 5) is 32.2. The number of carbonyl (C=O) groups is 2. The van der Waals surface area contributed by atoms with Crippen LogP contribution in [0, 0.1) is 13.8 Å².